The number of fused-ring (bicyclic) bond motifs is 1. The second kappa shape index (κ2) is 5.09. The predicted molar refractivity (Wildman–Crippen MR) is 69.6 cm³/mol. The van der Waals surface area contributed by atoms with Gasteiger partial charge in [-0.3, -0.25) is 0 Å². The predicted octanol–water partition coefficient (Wildman–Crippen LogP) is 2.70. The maximum Gasteiger partial charge on any atom is 0.120 e. The smallest absolute Gasteiger partial charge is 0.120 e. The number of nitrogens with one attached hydrogen (secondary N) is 1. The molecule has 1 aromatic carbocycles. The molecule has 1 saturated heterocycles. The molecule has 0 bridgehead atoms. The van der Waals surface area contributed by atoms with Gasteiger partial charge >= 0.3 is 0 Å². The first-order valence-electron chi connectivity index (χ1n) is 6.91. The number of ether oxygens (including phenoxy) is 1. The minimum Gasteiger partial charge on any atom is -0.489 e. The summed E-state index contributed by atoms with van der Waals surface area (Å²) in [4.78, 5) is 0. The van der Waals surface area contributed by atoms with Crippen LogP contribution in [0.3, 0.4) is 0 Å². The van der Waals surface area contributed by atoms with Crippen LogP contribution >= 0.6 is 0 Å². The van der Waals surface area contributed by atoms with Crippen molar-refractivity contribution in [3.63, 3.8) is 0 Å². The normalized spacial score (nSPS) is 24.1. The molecule has 1 aromatic rings. The van der Waals surface area contributed by atoms with Crippen LogP contribution in [0.1, 0.15) is 36.8 Å². The van der Waals surface area contributed by atoms with Gasteiger partial charge < -0.3 is 10.1 Å². The molecule has 0 saturated carbocycles. The Labute approximate surface area is 103 Å². The Kier molecular flexibility index (Phi) is 3.32. The van der Waals surface area contributed by atoms with Crippen molar-refractivity contribution in [2.45, 2.75) is 44.6 Å². The molecule has 0 radical (unpaired) electrons. The average molecular weight is 231 g/mol. The highest BCUT2D eigenvalue weighted by atomic mass is 16.5. The van der Waals surface area contributed by atoms with E-state index in [0.29, 0.717) is 6.10 Å². The Hall–Kier alpha value is -1.02. The van der Waals surface area contributed by atoms with Crippen LogP contribution in [0.4, 0.5) is 0 Å². The molecule has 2 aliphatic rings. The Morgan fingerprint density at radius 1 is 1.06 bits per heavy atom. The second-order valence-corrected chi connectivity index (χ2v) is 5.22. The van der Waals surface area contributed by atoms with Crippen molar-refractivity contribution in [2.75, 3.05) is 13.1 Å². The standard InChI is InChI=1S/C15H21NO/c1-2-5-13-10-14(8-7-12(13)4-1)17-15-6-3-9-16-11-15/h7-8,10,15-16H,1-6,9,11H2. The van der Waals surface area contributed by atoms with E-state index in [9.17, 15) is 0 Å². The van der Waals surface area contributed by atoms with Gasteiger partial charge in [0.2, 0.25) is 0 Å². The molecule has 1 heterocycles. The maximum absolute atomic E-state index is 6.06. The van der Waals surface area contributed by atoms with Crippen LogP contribution in [-0.4, -0.2) is 19.2 Å². The summed E-state index contributed by atoms with van der Waals surface area (Å²) in [5.74, 6) is 1.07. The van der Waals surface area contributed by atoms with Crippen LogP contribution in [0.2, 0.25) is 0 Å². The van der Waals surface area contributed by atoms with Crippen LogP contribution in [0, 0.1) is 0 Å². The monoisotopic (exact) mass is 231 g/mol. The van der Waals surface area contributed by atoms with Crippen molar-refractivity contribution in [2.24, 2.45) is 0 Å². The fourth-order valence-corrected chi connectivity index (χ4v) is 2.90. The molecule has 0 aromatic heterocycles. The number of piperidine rings is 1. The van der Waals surface area contributed by atoms with Gasteiger partial charge in [0.15, 0.2) is 0 Å². The first kappa shape index (κ1) is 11.1. The minimum absolute atomic E-state index is 0.366. The van der Waals surface area contributed by atoms with Gasteiger partial charge in [-0.15, -0.1) is 0 Å². The fourth-order valence-electron chi connectivity index (χ4n) is 2.90. The molecule has 17 heavy (non-hydrogen) atoms. The van der Waals surface area contributed by atoms with Gasteiger partial charge in [0.25, 0.3) is 0 Å². The molecule has 1 N–H and O–H groups in total. The van der Waals surface area contributed by atoms with Crippen LogP contribution in [0.25, 0.3) is 0 Å². The first-order valence-corrected chi connectivity index (χ1v) is 6.91. The van der Waals surface area contributed by atoms with Crippen LogP contribution in [-0.2, 0) is 12.8 Å². The molecule has 1 aliphatic carbocycles. The van der Waals surface area contributed by atoms with Crippen molar-refractivity contribution >= 4 is 0 Å². The molecule has 1 atom stereocenters. The van der Waals surface area contributed by atoms with Gasteiger partial charge in [-0.1, -0.05) is 6.07 Å². The summed E-state index contributed by atoms with van der Waals surface area (Å²) < 4.78 is 6.06. The number of hydrogen-bond donors (Lipinski definition) is 1. The average Bonchev–Trinajstić information content (AvgIpc) is 2.40. The fraction of sp³-hybridized carbons (Fsp3) is 0.600. The number of aryl methyl sites for hydroxylation is 2. The molecular weight excluding hydrogens is 210 g/mol. The van der Waals surface area contributed by atoms with Gasteiger partial charge in [0.1, 0.15) is 11.9 Å². The summed E-state index contributed by atoms with van der Waals surface area (Å²) in [6, 6.07) is 6.68. The SMILES string of the molecule is c1cc2c(cc1OC1CCCNC1)CCCC2. The Balaban J connectivity index is 1.70. The van der Waals surface area contributed by atoms with Crippen LogP contribution in [0.15, 0.2) is 18.2 Å². The zero-order valence-electron chi connectivity index (χ0n) is 10.4. The molecule has 3 rings (SSSR count). The summed E-state index contributed by atoms with van der Waals surface area (Å²) in [6.45, 7) is 2.14. The topological polar surface area (TPSA) is 21.3 Å². The van der Waals surface area contributed by atoms with Crippen molar-refractivity contribution < 1.29 is 4.74 Å². The van der Waals surface area contributed by atoms with E-state index in [4.69, 9.17) is 4.74 Å². The summed E-state index contributed by atoms with van der Waals surface area (Å²) >= 11 is 0. The van der Waals surface area contributed by atoms with Crippen LogP contribution in [0.5, 0.6) is 5.75 Å². The highest BCUT2D eigenvalue weighted by Crippen LogP contribution is 2.26. The van der Waals surface area contributed by atoms with E-state index in [1.807, 2.05) is 0 Å². The third-order valence-corrected chi connectivity index (χ3v) is 3.87. The van der Waals surface area contributed by atoms with E-state index in [-0.39, 0.29) is 0 Å². The van der Waals surface area contributed by atoms with E-state index in [0.717, 1.165) is 18.8 Å². The molecule has 1 fully saturated rings. The molecular formula is C15H21NO. The van der Waals surface area contributed by atoms with Crippen LogP contribution < -0.4 is 10.1 Å². The van der Waals surface area contributed by atoms with Gasteiger partial charge in [0.05, 0.1) is 0 Å². The van der Waals surface area contributed by atoms with Gasteiger partial charge in [0, 0.05) is 6.54 Å². The Bertz CT molecular complexity index is 383. The molecule has 0 amide bonds. The largest absolute Gasteiger partial charge is 0.489 e. The molecule has 0 spiro atoms. The molecule has 1 aliphatic heterocycles. The minimum atomic E-state index is 0.366. The summed E-state index contributed by atoms with van der Waals surface area (Å²) in [5.41, 5.74) is 3.04. The lowest BCUT2D eigenvalue weighted by molar-refractivity contribution is 0.167. The Morgan fingerprint density at radius 2 is 1.94 bits per heavy atom. The van der Waals surface area contributed by atoms with E-state index >= 15 is 0 Å². The van der Waals surface area contributed by atoms with Gasteiger partial charge in [-0.2, -0.15) is 0 Å². The molecule has 92 valence electrons. The second-order valence-electron chi connectivity index (χ2n) is 5.22. The van der Waals surface area contributed by atoms with E-state index < -0.39 is 0 Å². The highest BCUT2D eigenvalue weighted by molar-refractivity contribution is 5.37. The van der Waals surface area contributed by atoms with Crippen molar-refractivity contribution in [1.82, 2.24) is 5.32 Å². The lowest BCUT2D eigenvalue weighted by Gasteiger charge is -2.25. The first-order chi connectivity index (χ1) is 8.42. The number of hydrogen-bond acceptors (Lipinski definition) is 2. The highest BCUT2D eigenvalue weighted by Gasteiger charge is 2.15. The molecule has 2 nitrogen and oxygen atoms in total. The number of rotatable bonds is 2. The van der Waals surface area contributed by atoms with Crippen molar-refractivity contribution in [1.29, 1.82) is 0 Å². The third-order valence-electron chi connectivity index (χ3n) is 3.87. The van der Waals surface area contributed by atoms with Gasteiger partial charge in [-0.05, 0) is 68.3 Å². The zero-order chi connectivity index (χ0) is 11.5. The summed E-state index contributed by atoms with van der Waals surface area (Å²) in [5, 5.41) is 3.39. The van der Waals surface area contributed by atoms with Crippen molar-refractivity contribution in [3.8, 4) is 5.75 Å². The number of benzene rings is 1. The quantitative estimate of drug-likeness (QED) is 0.845. The van der Waals surface area contributed by atoms with E-state index in [2.05, 4.69) is 23.5 Å². The summed E-state index contributed by atoms with van der Waals surface area (Å²) in [6.07, 6.45) is 7.95. The maximum atomic E-state index is 6.06. The molecule has 2 heteroatoms. The van der Waals surface area contributed by atoms with Gasteiger partial charge in [-0.25, -0.2) is 0 Å². The molecule has 1 unspecified atom stereocenters. The zero-order valence-corrected chi connectivity index (χ0v) is 10.4. The lowest BCUT2D eigenvalue weighted by atomic mass is 9.92. The van der Waals surface area contributed by atoms with E-state index in [1.165, 1.54) is 49.7 Å². The van der Waals surface area contributed by atoms with E-state index in [1.54, 1.807) is 0 Å². The third kappa shape index (κ3) is 2.63. The Morgan fingerprint density at radius 3 is 2.76 bits per heavy atom. The van der Waals surface area contributed by atoms with Crippen molar-refractivity contribution in [3.05, 3.63) is 29.3 Å². The summed E-state index contributed by atoms with van der Waals surface area (Å²) in [7, 11) is 0. The lowest BCUT2D eigenvalue weighted by Crippen LogP contribution is -2.37.